The SMILES string of the molecule is CCC(O)(COO)C(O)COOCOC(=O)C(O)C(O)(CC)C(=O)O.[Y]. The number of esters is 1. The first-order chi connectivity index (χ1) is 11.6. The van der Waals surface area contributed by atoms with Crippen molar-refractivity contribution in [2.45, 2.75) is 50.1 Å². The number of carboxylic acid groups (broad SMARTS) is 1. The average Bonchev–Trinajstić information content (AvgIpc) is 2.59. The molecule has 0 heterocycles. The van der Waals surface area contributed by atoms with Gasteiger partial charge >= 0.3 is 11.9 Å². The molecule has 0 fully saturated rings. The Hall–Kier alpha value is -0.276. The van der Waals surface area contributed by atoms with E-state index in [0.29, 0.717) is 0 Å². The van der Waals surface area contributed by atoms with Crippen LogP contribution in [0.3, 0.4) is 0 Å². The molecular formula is C13H24O12Y. The van der Waals surface area contributed by atoms with Crippen molar-refractivity contribution in [3.63, 3.8) is 0 Å². The van der Waals surface area contributed by atoms with Crippen molar-refractivity contribution in [3.8, 4) is 0 Å². The van der Waals surface area contributed by atoms with Gasteiger partial charge in [0.05, 0.1) is 0 Å². The van der Waals surface area contributed by atoms with E-state index in [2.05, 4.69) is 19.4 Å². The number of carbonyl (C=O) groups excluding carboxylic acids is 1. The second-order valence-electron chi connectivity index (χ2n) is 5.22. The molecule has 0 saturated carbocycles. The van der Waals surface area contributed by atoms with E-state index in [1.54, 1.807) is 0 Å². The first kappa shape index (κ1) is 27.9. The number of aliphatic hydroxyl groups excluding tert-OH is 2. The molecule has 151 valence electrons. The largest absolute Gasteiger partial charge is 0.479 e. The fourth-order valence-corrected chi connectivity index (χ4v) is 1.66. The van der Waals surface area contributed by atoms with E-state index in [9.17, 15) is 30.0 Å². The van der Waals surface area contributed by atoms with E-state index in [1.807, 2.05) is 0 Å². The molecule has 1 radical (unpaired) electrons. The molecule has 0 rings (SSSR count). The second kappa shape index (κ2) is 13.0. The van der Waals surface area contributed by atoms with Gasteiger partial charge in [-0.05, 0) is 12.8 Å². The molecule has 0 saturated heterocycles. The maximum atomic E-state index is 11.5. The summed E-state index contributed by atoms with van der Waals surface area (Å²) in [7, 11) is 0. The number of rotatable bonds is 13. The maximum absolute atomic E-state index is 11.5. The Kier molecular flexibility index (Phi) is 14.0. The van der Waals surface area contributed by atoms with Gasteiger partial charge in [0, 0.05) is 32.7 Å². The van der Waals surface area contributed by atoms with Gasteiger partial charge in [-0.15, -0.1) is 0 Å². The van der Waals surface area contributed by atoms with Crippen LogP contribution in [0.15, 0.2) is 0 Å². The molecule has 26 heavy (non-hydrogen) atoms. The minimum absolute atomic E-state index is 0. The first-order valence-corrected chi connectivity index (χ1v) is 7.30. The van der Waals surface area contributed by atoms with E-state index in [1.165, 1.54) is 13.8 Å². The van der Waals surface area contributed by atoms with E-state index < -0.39 is 61.8 Å². The molecule has 0 amide bonds. The quantitative estimate of drug-likeness (QED) is 0.0583. The molecule has 0 aliphatic heterocycles. The van der Waals surface area contributed by atoms with Crippen LogP contribution in [0, 0.1) is 0 Å². The molecule has 0 spiro atoms. The number of aliphatic carboxylic acids is 1. The van der Waals surface area contributed by atoms with Crippen molar-refractivity contribution in [2.24, 2.45) is 0 Å². The third-order valence-corrected chi connectivity index (χ3v) is 3.69. The Morgan fingerprint density at radius 1 is 1.08 bits per heavy atom. The number of carbonyl (C=O) groups is 2. The molecule has 0 aromatic rings. The van der Waals surface area contributed by atoms with E-state index in [0.717, 1.165) is 0 Å². The zero-order chi connectivity index (χ0) is 19.7. The molecule has 0 bridgehead atoms. The molecule has 0 aliphatic carbocycles. The minimum atomic E-state index is -2.71. The van der Waals surface area contributed by atoms with Crippen LogP contribution in [0.5, 0.6) is 0 Å². The average molecular weight is 461 g/mol. The van der Waals surface area contributed by atoms with E-state index in [-0.39, 0.29) is 39.1 Å². The van der Waals surface area contributed by atoms with Crippen LogP contribution < -0.4 is 0 Å². The normalized spacial score (nSPS) is 18.0. The molecule has 4 unspecified atom stereocenters. The first-order valence-electron chi connectivity index (χ1n) is 7.30. The van der Waals surface area contributed by atoms with Crippen molar-refractivity contribution in [1.29, 1.82) is 0 Å². The molecule has 13 heteroatoms. The van der Waals surface area contributed by atoms with Crippen LogP contribution in [0.25, 0.3) is 0 Å². The third kappa shape index (κ3) is 7.76. The van der Waals surface area contributed by atoms with Crippen LogP contribution >= 0.6 is 0 Å². The summed E-state index contributed by atoms with van der Waals surface area (Å²) in [5, 5.41) is 56.0. The topological polar surface area (TPSA) is 192 Å². The number of hydrogen-bond acceptors (Lipinski definition) is 11. The van der Waals surface area contributed by atoms with E-state index in [4.69, 9.17) is 10.4 Å². The molecule has 0 aromatic carbocycles. The number of hydrogen-bond donors (Lipinski definition) is 6. The Bertz CT molecular complexity index is 435. The fourth-order valence-electron chi connectivity index (χ4n) is 1.66. The Morgan fingerprint density at radius 2 is 1.65 bits per heavy atom. The van der Waals surface area contributed by atoms with Gasteiger partial charge in [-0.25, -0.2) is 19.4 Å². The summed E-state index contributed by atoms with van der Waals surface area (Å²) in [4.78, 5) is 35.0. The molecule has 0 aliphatic rings. The summed E-state index contributed by atoms with van der Waals surface area (Å²) in [6, 6.07) is 0. The van der Waals surface area contributed by atoms with Gasteiger partial charge in [-0.3, -0.25) is 5.26 Å². The molecule has 12 nitrogen and oxygen atoms in total. The number of aliphatic hydroxyl groups is 4. The van der Waals surface area contributed by atoms with Gasteiger partial charge < -0.3 is 30.3 Å². The van der Waals surface area contributed by atoms with Crippen molar-refractivity contribution in [2.75, 3.05) is 20.0 Å². The zero-order valence-corrected chi connectivity index (χ0v) is 17.2. The smallest absolute Gasteiger partial charge is 0.340 e. The summed E-state index contributed by atoms with van der Waals surface area (Å²) in [5.41, 5.74) is -4.51. The minimum Gasteiger partial charge on any atom is -0.479 e. The monoisotopic (exact) mass is 461 g/mol. The summed E-state index contributed by atoms with van der Waals surface area (Å²) >= 11 is 0. The van der Waals surface area contributed by atoms with Gasteiger partial charge in [0.2, 0.25) is 6.79 Å². The fraction of sp³-hybridized carbons (Fsp3) is 0.846. The van der Waals surface area contributed by atoms with Gasteiger partial charge in [-0.1, -0.05) is 13.8 Å². The Morgan fingerprint density at radius 3 is 2.08 bits per heavy atom. The Balaban J connectivity index is 0. The zero-order valence-electron chi connectivity index (χ0n) is 14.4. The Labute approximate surface area is 174 Å². The maximum Gasteiger partial charge on any atom is 0.340 e. The summed E-state index contributed by atoms with van der Waals surface area (Å²) in [6.07, 6.45) is -4.30. The molecule has 0 aromatic heterocycles. The van der Waals surface area contributed by atoms with Crippen LogP contribution in [0.1, 0.15) is 26.7 Å². The van der Waals surface area contributed by atoms with Crippen LogP contribution in [0.2, 0.25) is 0 Å². The van der Waals surface area contributed by atoms with Gasteiger partial charge in [0.15, 0.2) is 11.7 Å². The van der Waals surface area contributed by atoms with Crippen molar-refractivity contribution >= 4 is 11.9 Å². The summed E-state index contributed by atoms with van der Waals surface area (Å²) < 4.78 is 4.37. The predicted molar refractivity (Wildman–Crippen MR) is 76.7 cm³/mol. The summed E-state index contributed by atoms with van der Waals surface area (Å²) in [5.74, 6) is -3.26. The number of ether oxygens (including phenoxy) is 1. The molecular weight excluding hydrogens is 437 g/mol. The summed E-state index contributed by atoms with van der Waals surface area (Å²) in [6.45, 7) is 0.713. The van der Waals surface area contributed by atoms with Gasteiger partial charge in [0.25, 0.3) is 0 Å². The van der Waals surface area contributed by atoms with Crippen LogP contribution in [0.4, 0.5) is 0 Å². The predicted octanol–water partition coefficient (Wildman–Crippen LogP) is -1.99. The van der Waals surface area contributed by atoms with Crippen molar-refractivity contribution < 1.29 is 92.5 Å². The van der Waals surface area contributed by atoms with Gasteiger partial charge in [0.1, 0.15) is 24.9 Å². The molecule has 6 N–H and O–H groups in total. The third-order valence-electron chi connectivity index (χ3n) is 3.69. The second-order valence-corrected chi connectivity index (χ2v) is 5.22. The van der Waals surface area contributed by atoms with Crippen molar-refractivity contribution in [3.05, 3.63) is 0 Å². The standard InChI is InChI=1S/C13H24O12.Y/c1-3-12(19,6-23-21)8(14)5-24-25-7-22-10(16)9(15)13(20,4-2)11(17)18;/h8-9,14-15,19-21H,3-7H2,1-2H3,(H,17,18);. The number of carboxylic acids is 1. The van der Waals surface area contributed by atoms with Crippen LogP contribution in [-0.4, -0.2) is 86.1 Å². The van der Waals surface area contributed by atoms with Crippen molar-refractivity contribution in [1.82, 2.24) is 0 Å². The molecule has 4 atom stereocenters. The van der Waals surface area contributed by atoms with E-state index >= 15 is 0 Å². The van der Waals surface area contributed by atoms with Gasteiger partial charge in [-0.2, -0.15) is 4.89 Å². The van der Waals surface area contributed by atoms with Crippen LogP contribution in [-0.2, 0) is 61.7 Å².